The number of benzene rings is 2. The van der Waals surface area contributed by atoms with Crippen LogP contribution in [0.3, 0.4) is 0 Å². The van der Waals surface area contributed by atoms with Crippen LogP contribution in [0, 0.1) is 17.0 Å². The van der Waals surface area contributed by atoms with Crippen LogP contribution in [0.25, 0.3) is 0 Å². The molecule has 0 aromatic heterocycles. The molecular weight excluding hydrogens is 378 g/mol. The first-order valence-electron chi connectivity index (χ1n) is 7.98. The van der Waals surface area contributed by atoms with Crippen LogP contribution in [-0.4, -0.2) is 37.8 Å². The number of rotatable bonds is 6. The van der Waals surface area contributed by atoms with E-state index in [1.54, 1.807) is 12.1 Å². The Balaban J connectivity index is 1.75. The molecule has 1 N–H and O–H groups in total. The van der Waals surface area contributed by atoms with Crippen molar-refractivity contribution in [2.24, 2.45) is 0 Å². The standard InChI is InChI=1S/C17H17NO8S/c1-11-2-4-13(5-3-11)27(22,23)25-10-12-9-24-16-7-6-15(18(20)21)14(8-19)17(16)26-12/h2-7,12,19H,8-10H2,1H3. The van der Waals surface area contributed by atoms with Gasteiger partial charge in [0.05, 0.1) is 16.4 Å². The molecule has 1 unspecified atom stereocenters. The van der Waals surface area contributed by atoms with Crippen molar-refractivity contribution in [3.8, 4) is 11.5 Å². The topological polar surface area (TPSA) is 125 Å². The highest BCUT2D eigenvalue weighted by molar-refractivity contribution is 7.86. The smallest absolute Gasteiger partial charge is 0.297 e. The molecule has 0 spiro atoms. The molecule has 0 bridgehead atoms. The van der Waals surface area contributed by atoms with Crippen LogP contribution in [0.1, 0.15) is 11.1 Å². The van der Waals surface area contributed by atoms with Crippen molar-refractivity contribution in [2.45, 2.75) is 24.5 Å². The molecule has 3 rings (SSSR count). The van der Waals surface area contributed by atoms with Crippen LogP contribution >= 0.6 is 0 Å². The maximum absolute atomic E-state index is 12.3. The number of ether oxygens (including phenoxy) is 2. The molecule has 27 heavy (non-hydrogen) atoms. The van der Waals surface area contributed by atoms with Crippen molar-refractivity contribution in [1.29, 1.82) is 0 Å². The summed E-state index contributed by atoms with van der Waals surface area (Å²) in [6.07, 6.45) is -0.815. The Morgan fingerprint density at radius 3 is 2.59 bits per heavy atom. The third-order valence-electron chi connectivity index (χ3n) is 3.98. The molecule has 1 aliphatic heterocycles. The first-order valence-corrected chi connectivity index (χ1v) is 9.39. The van der Waals surface area contributed by atoms with Gasteiger partial charge in [-0.1, -0.05) is 17.7 Å². The summed E-state index contributed by atoms with van der Waals surface area (Å²) in [6.45, 7) is 0.861. The number of nitrogens with zero attached hydrogens (tertiary/aromatic N) is 1. The van der Waals surface area contributed by atoms with Gasteiger partial charge in [-0.2, -0.15) is 8.42 Å². The molecule has 0 amide bonds. The summed E-state index contributed by atoms with van der Waals surface area (Å²) in [5.41, 5.74) is 0.560. The van der Waals surface area contributed by atoms with Crippen molar-refractivity contribution < 1.29 is 32.1 Å². The number of nitro benzene ring substituents is 1. The van der Waals surface area contributed by atoms with Gasteiger partial charge in [-0.3, -0.25) is 14.3 Å². The fraction of sp³-hybridized carbons (Fsp3) is 0.294. The molecule has 2 aromatic rings. The first kappa shape index (κ1) is 19.1. The van der Waals surface area contributed by atoms with E-state index in [2.05, 4.69) is 0 Å². The van der Waals surface area contributed by atoms with Gasteiger partial charge in [0.25, 0.3) is 15.8 Å². The van der Waals surface area contributed by atoms with E-state index in [9.17, 15) is 23.6 Å². The minimum Gasteiger partial charge on any atom is -0.486 e. The number of nitro groups is 1. The van der Waals surface area contributed by atoms with Gasteiger partial charge in [0.1, 0.15) is 18.8 Å². The fourth-order valence-corrected chi connectivity index (χ4v) is 3.50. The summed E-state index contributed by atoms with van der Waals surface area (Å²) in [4.78, 5) is 10.4. The Kier molecular flexibility index (Phi) is 5.31. The van der Waals surface area contributed by atoms with E-state index in [0.29, 0.717) is 0 Å². The van der Waals surface area contributed by atoms with Crippen molar-refractivity contribution in [3.63, 3.8) is 0 Å². The Morgan fingerprint density at radius 1 is 1.26 bits per heavy atom. The van der Waals surface area contributed by atoms with E-state index in [0.717, 1.165) is 5.56 Å². The van der Waals surface area contributed by atoms with Gasteiger partial charge in [0.15, 0.2) is 17.6 Å². The summed E-state index contributed by atoms with van der Waals surface area (Å²) in [6, 6.07) is 8.76. The molecule has 2 aromatic carbocycles. The van der Waals surface area contributed by atoms with E-state index in [1.807, 2.05) is 6.92 Å². The van der Waals surface area contributed by atoms with E-state index in [1.165, 1.54) is 24.3 Å². The molecule has 0 aliphatic carbocycles. The van der Waals surface area contributed by atoms with Crippen molar-refractivity contribution in [1.82, 2.24) is 0 Å². The molecule has 1 heterocycles. The van der Waals surface area contributed by atoms with Crippen LogP contribution in [0.5, 0.6) is 11.5 Å². The predicted molar refractivity (Wildman–Crippen MR) is 93.2 cm³/mol. The van der Waals surface area contributed by atoms with E-state index >= 15 is 0 Å². The van der Waals surface area contributed by atoms with Crippen molar-refractivity contribution in [3.05, 3.63) is 57.6 Å². The molecule has 0 saturated carbocycles. The minimum atomic E-state index is -3.98. The van der Waals surface area contributed by atoms with Gasteiger partial charge in [-0.25, -0.2) is 0 Å². The van der Waals surface area contributed by atoms with E-state index in [4.69, 9.17) is 13.7 Å². The lowest BCUT2D eigenvalue weighted by Gasteiger charge is -2.27. The average molecular weight is 395 g/mol. The van der Waals surface area contributed by atoms with Crippen LogP contribution in [0.4, 0.5) is 5.69 Å². The normalized spacial score (nSPS) is 16.1. The van der Waals surface area contributed by atoms with Crippen LogP contribution in [-0.2, 0) is 20.9 Å². The van der Waals surface area contributed by atoms with Crippen LogP contribution in [0.15, 0.2) is 41.3 Å². The minimum absolute atomic E-state index is 0.000895. The number of aryl methyl sites for hydroxylation is 1. The quantitative estimate of drug-likeness (QED) is 0.447. The molecule has 10 heteroatoms. The first-order chi connectivity index (χ1) is 12.8. The maximum Gasteiger partial charge on any atom is 0.297 e. The lowest BCUT2D eigenvalue weighted by atomic mass is 10.1. The summed E-state index contributed by atoms with van der Waals surface area (Å²) < 4.78 is 40.6. The molecular formula is C17H17NO8S. The van der Waals surface area contributed by atoms with Gasteiger partial charge in [0, 0.05) is 6.07 Å². The van der Waals surface area contributed by atoms with Crippen LogP contribution < -0.4 is 9.47 Å². The Hall–Kier alpha value is -2.69. The van der Waals surface area contributed by atoms with Crippen molar-refractivity contribution >= 4 is 15.8 Å². The predicted octanol–water partition coefficient (Wildman–Crippen LogP) is 1.94. The zero-order valence-corrected chi connectivity index (χ0v) is 15.1. The summed E-state index contributed by atoms with van der Waals surface area (Å²) in [7, 11) is -3.98. The highest BCUT2D eigenvalue weighted by Gasteiger charge is 2.30. The average Bonchev–Trinajstić information content (AvgIpc) is 2.65. The third-order valence-corrected chi connectivity index (χ3v) is 5.28. The van der Waals surface area contributed by atoms with E-state index < -0.39 is 27.8 Å². The number of fused-ring (bicyclic) bond motifs is 1. The lowest BCUT2D eigenvalue weighted by Crippen LogP contribution is -2.34. The van der Waals surface area contributed by atoms with Gasteiger partial charge in [0.2, 0.25) is 0 Å². The zero-order chi connectivity index (χ0) is 19.6. The molecule has 9 nitrogen and oxygen atoms in total. The number of hydrogen-bond acceptors (Lipinski definition) is 8. The van der Waals surface area contributed by atoms with Gasteiger partial charge < -0.3 is 14.6 Å². The van der Waals surface area contributed by atoms with E-state index in [-0.39, 0.29) is 40.9 Å². The third kappa shape index (κ3) is 4.02. The maximum atomic E-state index is 12.3. The Labute approximate surface area is 155 Å². The highest BCUT2D eigenvalue weighted by Crippen LogP contribution is 2.40. The molecule has 0 fully saturated rings. The number of hydrogen-bond donors (Lipinski definition) is 1. The highest BCUT2D eigenvalue weighted by atomic mass is 32.2. The molecule has 1 aliphatic rings. The SMILES string of the molecule is Cc1ccc(S(=O)(=O)OCC2COc3ccc([N+](=O)[O-])c(CO)c3O2)cc1. The summed E-state index contributed by atoms with van der Waals surface area (Å²) >= 11 is 0. The van der Waals surface area contributed by atoms with Gasteiger partial charge in [-0.05, 0) is 25.1 Å². The fourth-order valence-electron chi connectivity index (χ4n) is 2.57. The molecule has 0 radical (unpaired) electrons. The Morgan fingerprint density at radius 2 is 1.96 bits per heavy atom. The second-order valence-electron chi connectivity index (χ2n) is 5.91. The van der Waals surface area contributed by atoms with Crippen LogP contribution in [0.2, 0.25) is 0 Å². The van der Waals surface area contributed by atoms with Gasteiger partial charge >= 0.3 is 0 Å². The number of aliphatic hydroxyl groups excluding tert-OH is 1. The van der Waals surface area contributed by atoms with Gasteiger partial charge in [-0.15, -0.1) is 0 Å². The van der Waals surface area contributed by atoms with Crippen molar-refractivity contribution in [2.75, 3.05) is 13.2 Å². The summed E-state index contributed by atoms with van der Waals surface area (Å²) in [5, 5.41) is 20.6. The molecule has 0 saturated heterocycles. The monoisotopic (exact) mass is 395 g/mol. The molecule has 1 atom stereocenters. The number of aliphatic hydroxyl groups is 1. The lowest BCUT2D eigenvalue weighted by molar-refractivity contribution is -0.386. The summed E-state index contributed by atoms with van der Waals surface area (Å²) in [5.74, 6) is 0.251. The zero-order valence-electron chi connectivity index (χ0n) is 14.3. The largest absolute Gasteiger partial charge is 0.486 e. The second-order valence-corrected chi connectivity index (χ2v) is 7.52. The Bertz CT molecular complexity index is 956. The molecule has 144 valence electrons. The second kappa shape index (κ2) is 7.51.